The molecule has 1 atom stereocenters. The molecular weight excluding hydrogens is 282 g/mol. The molecule has 0 radical (unpaired) electrons. The van der Waals surface area contributed by atoms with E-state index in [0.29, 0.717) is 0 Å². The van der Waals surface area contributed by atoms with Crippen LogP contribution in [0.5, 0.6) is 0 Å². The van der Waals surface area contributed by atoms with E-state index in [4.69, 9.17) is 5.73 Å². The summed E-state index contributed by atoms with van der Waals surface area (Å²) in [5.41, 5.74) is 4.50. The molecule has 6 heteroatoms. The zero-order valence-electron chi connectivity index (χ0n) is 11.0. The summed E-state index contributed by atoms with van der Waals surface area (Å²) < 4.78 is 26.6. The summed E-state index contributed by atoms with van der Waals surface area (Å²) in [6.45, 7) is 3.78. The first kappa shape index (κ1) is 14.5. The Morgan fingerprint density at radius 3 is 2.40 bits per heavy atom. The summed E-state index contributed by atoms with van der Waals surface area (Å²) in [5, 5.41) is 2.70. The number of halogens is 2. The van der Waals surface area contributed by atoms with Crippen molar-refractivity contribution in [2.45, 2.75) is 19.9 Å². The van der Waals surface area contributed by atoms with E-state index in [2.05, 4.69) is 5.32 Å². The van der Waals surface area contributed by atoms with Gasteiger partial charge >= 0.3 is 0 Å². The third kappa shape index (κ3) is 2.96. The number of carbonyl (C=O) groups is 1. The molecule has 0 aliphatic heterocycles. The van der Waals surface area contributed by atoms with Crippen LogP contribution in [-0.4, -0.2) is 5.91 Å². The highest BCUT2D eigenvalue weighted by Crippen LogP contribution is 2.23. The molecule has 0 saturated carbocycles. The van der Waals surface area contributed by atoms with Crippen LogP contribution >= 0.6 is 11.3 Å². The Labute approximate surface area is 119 Å². The van der Waals surface area contributed by atoms with Crippen molar-refractivity contribution in [1.82, 2.24) is 5.32 Å². The number of thiophene rings is 1. The average Bonchev–Trinajstić information content (AvgIpc) is 2.82. The third-order valence-corrected chi connectivity index (χ3v) is 4.06. The second kappa shape index (κ2) is 5.58. The van der Waals surface area contributed by atoms with Gasteiger partial charge in [0.1, 0.15) is 17.3 Å². The summed E-state index contributed by atoms with van der Waals surface area (Å²) in [6.07, 6.45) is 0. The molecular formula is C14H14F2N2OS. The molecule has 2 rings (SSSR count). The number of amides is 1. The normalized spacial score (nSPS) is 12.2. The molecule has 0 fully saturated rings. The topological polar surface area (TPSA) is 55.1 Å². The van der Waals surface area contributed by atoms with Gasteiger partial charge in [-0.25, -0.2) is 8.78 Å². The maximum absolute atomic E-state index is 13.3. The maximum atomic E-state index is 13.3. The van der Waals surface area contributed by atoms with Crippen molar-refractivity contribution in [2.24, 2.45) is 0 Å². The van der Waals surface area contributed by atoms with Gasteiger partial charge in [0.05, 0.1) is 6.04 Å². The standard InChI is InChI=1S/C14H14F2N2OS/c1-7-3-4-12(20-7)8(2)18-14(19)9-5-10(15)13(17)11(16)6-9/h3-6,8H,17H2,1-2H3,(H,18,19). The minimum absolute atomic E-state index is 0.0886. The van der Waals surface area contributed by atoms with Gasteiger partial charge in [-0.1, -0.05) is 0 Å². The number of carbonyl (C=O) groups excluding carboxylic acids is 1. The highest BCUT2D eigenvalue weighted by Gasteiger charge is 2.16. The first-order valence-corrected chi connectivity index (χ1v) is 6.82. The Balaban J connectivity index is 2.16. The number of nitrogen functional groups attached to an aromatic ring is 1. The summed E-state index contributed by atoms with van der Waals surface area (Å²) in [5.74, 6) is -2.41. The van der Waals surface area contributed by atoms with E-state index < -0.39 is 23.2 Å². The third-order valence-electron chi connectivity index (χ3n) is 2.88. The predicted molar refractivity (Wildman–Crippen MR) is 75.7 cm³/mol. The van der Waals surface area contributed by atoms with E-state index in [0.717, 1.165) is 21.9 Å². The fourth-order valence-corrected chi connectivity index (χ4v) is 2.63. The fraction of sp³-hybridized carbons (Fsp3) is 0.214. The predicted octanol–water partition coefficient (Wildman–Crippen LogP) is 3.41. The SMILES string of the molecule is Cc1ccc(C(C)NC(=O)c2cc(F)c(N)c(F)c2)s1. The number of hydrogen-bond acceptors (Lipinski definition) is 3. The van der Waals surface area contributed by atoms with Crippen molar-refractivity contribution in [3.63, 3.8) is 0 Å². The van der Waals surface area contributed by atoms with Crippen LogP contribution in [0.2, 0.25) is 0 Å². The fourth-order valence-electron chi connectivity index (χ4n) is 1.75. The lowest BCUT2D eigenvalue weighted by atomic mass is 10.1. The Morgan fingerprint density at radius 2 is 1.90 bits per heavy atom. The number of benzene rings is 1. The van der Waals surface area contributed by atoms with Gasteiger partial charge in [-0.05, 0) is 38.1 Å². The van der Waals surface area contributed by atoms with Crippen LogP contribution < -0.4 is 11.1 Å². The number of aryl methyl sites for hydroxylation is 1. The van der Waals surface area contributed by atoms with E-state index in [-0.39, 0.29) is 11.6 Å². The maximum Gasteiger partial charge on any atom is 0.251 e. The lowest BCUT2D eigenvalue weighted by Gasteiger charge is -2.12. The van der Waals surface area contributed by atoms with Gasteiger partial charge in [0.15, 0.2) is 0 Å². The van der Waals surface area contributed by atoms with Crippen molar-refractivity contribution in [2.75, 3.05) is 5.73 Å². The van der Waals surface area contributed by atoms with Gasteiger partial charge in [-0.15, -0.1) is 11.3 Å². The molecule has 0 aliphatic rings. The van der Waals surface area contributed by atoms with Crippen LogP contribution in [0.3, 0.4) is 0 Å². The quantitative estimate of drug-likeness (QED) is 0.853. The number of nitrogens with one attached hydrogen (secondary N) is 1. The van der Waals surface area contributed by atoms with Crippen molar-refractivity contribution >= 4 is 22.9 Å². The van der Waals surface area contributed by atoms with Crippen LogP contribution in [0.4, 0.5) is 14.5 Å². The average molecular weight is 296 g/mol. The highest BCUT2D eigenvalue weighted by molar-refractivity contribution is 7.12. The minimum Gasteiger partial charge on any atom is -0.394 e. The van der Waals surface area contributed by atoms with Crippen molar-refractivity contribution < 1.29 is 13.6 Å². The van der Waals surface area contributed by atoms with Crippen molar-refractivity contribution in [3.8, 4) is 0 Å². The van der Waals surface area contributed by atoms with Gasteiger partial charge in [-0.3, -0.25) is 4.79 Å². The first-order valence-electron chi connectivity index (χ1n) is 6.00. The second-order valence-corrected chi connectivity index (χ2v) is 5.82. The first-order chi connectivity index (χ1) is 9.38. The van der Waals surface area contributed by atoms with Crippen LogP contribution in [0.15, 0.2) is 24.3 Å². The molecule has 1 amide bonds. The molecule has 1 heterocycles. The van der Waals surface area contributed by atoms with Gasteiger partial charge in [0.2, 0.25) is 0 Å². The molecule has 0 aliphatic carbocycles. The Hall–Kier alpha value is -1.95. The van der Waals surface area contributed by atoms with Crippen molar-refractivity contribution in [1.29, 1.82) is 0 Å². The summed E-state index contributed by atoms with van der Waals surface area (Å²) in [7, 11) is 0. The summed E-state index contributed by atoms with van der Waals surface area (Å²) in [4.78, 5) is 14.1. The monoisotopic (exact) mass is 296 g/mol. The number of nitrogens with two attached hydrogens (primary N) is 1. The van der Waals surface area contributed by atoms with Crippen LogP contribution in [-0.2, 0) is 0 Å². The summed E-state index contributed by atoms with van der Waals surface area (Å²) in [6, 6.07) is 5.49. The molecule has 1 aromatic heterocycles. The van der Waals surface area contributed by atoms with E-state index in [1.54, 1.807) is 11.3 Å². The molecule has 20 heavy (non-hydrogen) atoms. The van der Waals surface area contributed by atoms with E-state index in [1.165, 1.54) is 0 Å². The smallest absolute Gasteiger partial charge is 0.251 e. The zero-order valence-corrected chi connectivity index (χ0v) is 11.9. The molecule has 3 nitrogen and oxygen atoms in total. The Kier molecular flexibility index (Phi) is 4.04. The lowest BCUT2D eigenvalue weighted by molar-refractivity contribution is 0.0939. The van der Waals surface area contributed by atoms with Crippen LogP contribution in [0.1, 0.15) is 33.1 Å². The molecule has 0 spiro atoms. The number of anilines is 1. The second-order valence-electron chi connectivity index (χ2n) is 4.50. The van der Waals surface area contributed by atoms with Crippen LogP contribution in [0, 0.1) is 18.6 Å². The molecule has 0 saturated heterocycles. The van der Waals surface area contributed by atoms with Gasteiger partial charge in [0.25, 0.3) is 5.91 Å². The zero-order chi connectivity index (χ0) is 14.9. The molecule has 3 N–H and O–H groups in total. The minimum atomic E-state index is -0.935. The van der Waals surface area contributed by atoms with E-state index >= 15 is 0 Å². The molecule has 1 unspecified atom stereocenters. The molecule has 1 aromatic carbocycles. The van der Waals surface area contributed by atoms with Gasteiger partial charge < -0.3 is 11.1 Å². The van der Waals surface area contributed by atoms with Gasteiger partial charge in [0, 0.05) is 15.3 Å². The Morgan fingerprint density at radius 1 is 1.30 bits per heavy atom. The summed E-state index contributed by atoms with van der Waals surface area (Å²) >= 11 is 1.56. The lowest BCUT2D eigenvalue weighted by Crippen LogP contribution is -2.26. The van der Waals surface area contributed by atoms with Crippen LogP contribution in [0.25, 0.3) is 0 Å². The largest absolute Gasteiger partial charge is 0.394 e. The Bertz CT molecular complexity index is 631. The van der Waals surface area contributed by atoms with Crippen molar-refractivity contribution in [3.05, 3.63) is 51.2 Å². The molecule has 106 valence electrons. The highest BCUT2D eigenvalue weighted by atomic mass is 32.1. The van der Waals surface area contributed by atoms with Gasteiger partial charge in [-0.2, -0.15) is 0 Å². The number of rotatable bonds is 3. The number of hydrogen-bond donors (Lipinski definition) is 2. The molecule has 0 bridgehead atoms. The molecule has 2 aromatic rings. The van der Waals surface area contributed by atoms with E-state index in [1.807, 2.05) is 26.0 Å². The van der Waals surface area contributed by atoms with E-state index in [9.17, 15) is 13.6 Å².